The van der Waals surface area contributed by atoms with Crippen LogP contribution in [0.1, 0.15) is 27.7 Å². The number of ether oxygens (including phenoxy) is 2. The van der Waals surface area contributed by atoms with Crippen molar-refractivity contribution in [2.45, 2.75) is 45.4 Å². The highest BCUT2D eigenvalue weighted by molar-refractivity contribution is 6.30. The van der Waals surface area contributed by atoms with Crippen LogP contribution in [0.3, 0.4) is 0 Å². The monoisotopic (exact) mass is 354 g/mol. The molecule has 0 saturated carbocycles. The van der Waals surface area contributed by atoms with Crippen molar-refractivity contribution in [3.05, 3.63) is 29.3 Å². The highest BCUT2D eigenvalue weighted by Crippen LogP contribution is 2.20. The van der Waals surface area contributed by atoms with Crippen molar-refractivity contribution in [3.8, 4) is 5.75 Å². The Morgan fingerprint density at radius 2 is 1.88 bits per heavy atom. The Morgan fingerprint density at radius 1 is 1.29 bits per heavy atom. The van der Waals surface area contributed by atoms with Gasteiger partial charge in [0.05, 0.1) is 12.2 Å². The Hall–Kier alpha value is -1.30. The fraction of sp³-hybridized carbons (Fsp3) is 0.611. The van der Waals surface area contributed by atoms with Gasteiger partial charge in [-0.25, -0.2) is 0 Å². The number of carbonyl (C=O) groups excluding carboxylic acids is 1. The molecule has 1 aromatic carbocycles. The fourth-order valence-electron chi connectivity index (χ4n) is 2.83. The van der Waals surface area contributed by atoms with Crippen LogP contribution in [0.25, 0.3) is 0 Å². The summed E-state index contributed by atoms with van der Waals surface area (Å²) >= 11 is 5.82. The average molecular weight is 355 g/mol. The summed E-state index contributed by atoms with van der Waals surface area (Å²) in [6.07, 6.45) is 0.411. The van der Waals surface area contributed by atoms with Crippen LogP contribution in [0.5, 0.6) is 5.75 Å². The molecular weight excluding hydrogens is 328 g/mol. The Balaban J connectivity index is 1.78. The molecule has 6 heteroatoms. The Kier molecular flexibility index (Phi) is 6.49. The molecule has 5 nitrogen and oxygen atoms in total. The number of amides is 1. The molecule has 1 heterocycles. The van der Waals surface area contributed by atoms with Crippen molar-refractivity contribution >= 4 is 17.5 Å². The first kappa shape index (κ1) is 19.0. The molecule has 1 N–H and O–H groups in total. The summed E-state index contributed by atoms with van der Waals surface area (Å²) in [5.74, 6) is 0.497. The average Bonchev–Trinajstić information content (AvgIpc) is 2.51. The topological polar surface area (TPSA) is 50.8 Å². The number of hydrogen-bond acceptors (Lipinski definition) is 4. The number of benzene rings is 1. The highest BCUT2D eigenvalue weighted by atomic mass is 35.5. The molecule has 0 unspecified atom stereocenters. The second kappa shape index (κ2) is 8.19. The highest BCUT2D eigenvalue weighted by Gasteiger charge is 2.33. The smallest absolute Gasteiger partial charge is 0.258 e. The van der Waals surface area contributed by atoms with Crippen LogP contribution in [-0.4, -0.2) is 54.8 Å². The number of carbonyl (C=O) groups is 1. The van der Waals surface area contributed by atoms with Crippen LogP contribution in [-0.2, 0) is 9.53 Å². The van der Waals surface area contributed by atoms with Crippen molar-refractivity contribution in [2.75, 3.05) is 26.2 Å². The number of rotatable bonds is 6. The number of morpholine rings is 1. The third-order valence-electron chi connectivity index (χ3n) is 4.18. The second-order valence-corrected chi connectivity index (χ2v) is 7.43. The van der Waals surface area contributed by atoms with Crippen LogP contribution in [0.15, 0.2) is 24.3 Å². The van der Waals surface area contributed by atoms with Crippen LogP contribution < -0.4 is 10.1 Å². The molecule has 1 aromatic rings. The third kappa shape index (κ3) is 5.65. The van der Waals surface area contributed by atoms with Gasteiger partial charge in [0.2, 0.25) is 0 Å². The van der Waals surface area contributed by atoms with Crippen LogP contribution in [0.2, 0.25) is 5.02 Å². The zero-order chi connectivity index (χ0) is 17.7. The van der Waals surface area contributed by atoms with Gasteiger partial charge in [0.1, 0.15) is 5.75 Å². The quantitative estimate of drug-likeness (QED) is 0.853. The van der Waals surface area contributed by atoms with E-state index in [2.05, 4.69) is 37.9 Å². The minimum Gasteiger partial charge on any atom is -0.484 e. The van der Waals surface area contributed by atoms with Crippen LogP contribution in [0, 0.1) is 0 Å². The van der Waals surface area contributed by atoms with Gasteiger partial charge < -0.3 is 14.8 Å². The molecule has 1 aliphatic rings. The van der Waals surface area contributed by atoms with E-state index in [9.17, 15) is 4.79 Å². The molecule has 0 radical (unpaired) electrons. The van der Waals surface area contributed by atoms with Crippen LogP contribution >= 0.6 is 11.6 Å². The standard InChI is InChI=1S/C18H27ClN2O3/c1-13-9-21(10-14(2)24-13)18(3,4)12-20-17(22)11-23-16-7-5-15(19)6-8-16/h5-8,13-14H,9-12H2,1-4H3,(H,20,22)/t13-,14+. The van der Waals surface area contributed by atoms with Gasteiger partial charge in [0, 0.05) is 30.2 Å². The summed E-state index contributed by atoms with van der Waals surface area (Å²) in [5, 5.41) is 3.60. The maximum atomic E-state index is 12.0. The molecule has 0 aliphatic carbocycles. The summed E-state index contributed by atoms with van der Waals surface area (Å²) in [4.78, 5) is 14.4. The molecule has 134 valence electrons. The van der Waals surface area contributed by atoms with E-state index in [-0.39, 0.29) is 30.3 Å². The molecule has 0 aromatic heterocycles. The molecule has 1 fully saturated rings. The van der Waals surface area contributed by atoms with Gasteiger partial charge >= 0.3 is 0 Å². The van der Waals surface area contributed by atoms with Gasteiger partial charge in [-0.1, -0.05) is 11.6 Å². The predicted molar refractivity (Wildman–Crippen MR) is 95.6 cm³/mol. The zero-order valence-corrected chi connectivity index (χ0v) is 15.6. The number of halogens is 1. The van der Waals surface area contributed by atoms with Crippen molar-refractivity contribution in [2.24, 2.45) is 0 Å². The van der Waals surface area contributed by atoms with E-state index in [0.29, 0.717) is 17.3 Å². The fourth-order valence-corrected chi connectivity index (χ4v) is 2.96. The maximum absolute atomic E-state index is 12.0. The van der Waals surface area contributed by atoms with Crippen molar-refractivity contribution < 1.29 is 14.3 Å². The van der Waals surface area contributed by atoms with Gasteiger partial charge in [0.25, 0.3) is 5.91 Å². The summed E-state index contributed by atoms with van der Waals surface area (Å²) < 4.78 is 11.2. The number of hydrogen-bond donors (Lipinski definition) is 1. The van der Waals surface area contributed by atoms with E-state index in [0.717, 1.165) is 13.1 Å². The van der Waals surface area contributed by atoms with Crippen molar-refractivity contribution in [1.82, 2.24) is 10.2 Å². The molecule has 1 amide bonds. The maximum Gasteiger partial charge on any atom is 0.258 e. The molecule has 0 spiro atoms. The third-order valence-corrected chi connectivity index (χ3v) is 4.43. The lowest BCUT2D eigenvalue weighted by Gasteiger charge is -2.45. The number of nitrogens with zero attached hydrogens (tertiary/aromatic N) is 1. The summed E-state index contributed by atoms with van der Waals surface area (Å²) in [6, 6.07) is 6.96. The molecule has 2 atom stereocenters. The molecule has 1 saturated heterocycles. The first-order valence-corrected chi connectivity index (χ1v) is 8.69. The normalized spacial score (nSPS) is 22.2. The zero-order valence-electron chi connectivity index (χ0n) is 14.8. The van der Waals surface area contributed by atoms with E-state index in [1.54, 1.807) is 24.3 Å². The van der Waals surface area contributed by atoms with Gasteiger partial charge in [-0.05, 0) is 52.0 Å². The minimum atomic E-state index is -0.137. The minimum absolute atomic E-state index is 0.00632. The first-order chi connectivity index (χ1) is 11.3. The lowest BCUT2D eigenvalue weighted by Crippen LogP contribution is -2.58. The first-order valence-electron chi connectivity index (χ1n) is 8.32. The molecule has 1 aliphatic heterocycles. The van der Waals surface area contributed by atoms with Crippen LogP contribution in [0.4, 0.5) is 0 Å². The molecule has 0 bridgehead atoms. The van der Waals surface area contributed by atoms with Gasteiger partial charge in [-0.2, -0.15) is 0 Å². The lowest BCUT2D eigenvalue weighted by molar-refractivity contribution is -0.124. The predicted octanol–water partition coefficient (Wildman–Crippen LogP) is 2.72. The number of nitrogens with one attached hydrogen (secondary N) is 1. The van der Waals surface area contributed by atoms with Gasteiger partial charge in [-0.3, -0.25) is 9.69 Å². The van der Waals surface area contributed by atoms with E-state index >= 15 is 0 Å². The van der Waals surface area contributed by atoms with Crippen molar-refractivity contribution in [3.63, 3.8) is 0 Å². The van der Waals surface area contributed by atoms with E-state index in [1.165, 1.54) is 0 Å². The van der Waals surface area contributed by atoms with E-state index in [1.807, 2.05) is 0 Å². The van der Waals surface area contributed by atoms with E-state index in [4.69, 9.17) is 21.1 Å². The van der Waals surface area contributed by atoms with E-state index < -0.39 is 0 Å². The Labute approximate surface area is 149 Å². The van der Waals surface area contributed by atoms with Crippen molar-refractivity contribution in [1.29, 1.82) is 0 Å². The molecule has 24 heavy (non-hydrogen) atoms. The Bertz CT molecular complexity index is 538. The lowest BCUT2D eigenvalue weighted by atomic mass is 10.00. The Morgan fingerprint density at radius 3 is 2.46 bits per heavy atom. The SMILES string of the molecule is C[C@@H]1CN(C(C)(C)CNC(=O)COc2ccc(Cl)cc2)C[C@H](C)O1. The summed E-state index contributed by atoms with van der Waals surface area (Å²) in [6.45, 7) is 10.7. The molecular formula is C18H27ClN2O3. The van der Waals surface area contributed by atoms with Gasteiger partial charge in [-0.15, -0.1) is 0 Å². The largest absolute Gasteiger partial charge is 0.484 e. The molecule has 2 rings (SSSR count). The summed E-state index contributed by atoms with van der Waals surface area (Å²) in [7, 11) is 0. The second-order valence-electron chi connectivity index (χ2n) is 6.99. The van der Waals surface area contributed by atoms with Gasteiger partial charge in [0.15, 0.2) is 6.61 Å². The summed E-state index contributed by atoms with van der Waals surface area (Å²) in [5.41, 5.74) is -0.137.